The van der Waals surface area contributed by atoms with Crippen molar-refractivity contribution in [3.05, 3.63) is 52.2 Å². The van der Waals surface area contributed by atoms with Gasteiger partial charge in [0.15, 0.2) is 0 Å². The van der Waals surface area contributed by atoms with E-state index < -0.39 is 0 Å². The molecule has 0 N–H and O–H groups in total. The van der Waals surface area contributed by atoms with Gasteiger partial charge in [0, 0.05) is 17.6 Å². The first-order valence-corrected chi connectivity index (χ1v) is 8.71. The van der Waals surface area contributed by atoms with Crippen molar-refractivity contribution in [1.29, 1.82) is 0 Å². The molecule has 0 spiro atoms. The van der Waals surface area contributed by atoms with Crippen LogP contribution in [0.1, 0.15) is 35.2 Å². The van der Waals surface area contributed by atoms with Gasteiger partial charge in [0.2, 0.25) is 11.7 Å². The summed E-state index contributed by atoms with van der Waals surface area (Å²) in [5.41, 5.74) is 2.11. The van der Waals surface area contributed by atoms with Gasteiger partial charge in [-0.3, -0.25) is 9.88 Å². The Morgan fingerprint density at radius 3 is 3.09 bits per heavy atom. The first-order chi connectivity index (χ1) is 11.3. The zero-order valence-electron chi connectivity index (χ0n) is 13.0. The summed E-state index contributed by atoms with van der Waals surface area (Å²) in [7, 11) is 0. The van der Waals surface area contributed by atoms with Gasteiger partial charge in [-0.2, -0.15) is 4.98 Å². The van der Waals surface area contributed by atoms with E-state index in [1.165, 1.54) is 10.4 Å². The topological polar surface area (TPSA) is 55.1 Å². The Morgan fingerprint density at radius 2 is 2.30 bits per heavy atom. The van der Waals surface area contributed by atoms with E-state index >= 15 is 0 Å². The molecule has 4 heterocycles. The van der Waals surface area contributed by atoms with E-state index in [4.69, 9.17) is 4.52 Å². The Balaban J connectivity index is 1.55. The molecule has 4 rings (SSSR count). The lowest BCUT2D eigenvalue weighted by Gasteiger charge is -2.21. The summed E-state index contributed by atoms with van der Waals surface area (Å²) in [6.07, 6.45) is 3.97. The first kappa shape index (κ1) is 14.5. The van der Waals surface area contributed by atoms with Gasteiger partial charge < -0.3 is 4.52 Å². The van der Waals surface area contributed by atoms with Gasteiger partial charge in [-0.15, -0.1) is 11.3 Å². The predicted molar refractivity (Wildman–Crippen MR) is 89.0 cm³/mol. The number of pyridine rings is 1. The fraction of sp³-hybridized carbons (Fsp3) is 0.353. The number of nitrogens with zero attached hydrogens (tertiary/aromatic N) is 4. The Kier molecular flexibility index (Phi) is 3.93. The van der Waals surface area contributed by atoms with E-state index in [1.54, 1.807) is 6.20 Å². The molecular weight excluding hydrogens is 308 g/mol. The van der Waals surface area contributed by atoms with Gasteiger partial charge in [-0.1, -0.05) is 11.2 Å². The number of likely N-dealkylation sites (tertiary alicyclic amines) is 1. The molecule has 1 atom stereocenters. The molecule has 1 saturated heterocycles. The van der Waals surface area contributed by atoms with Crippen LogP contribution in [0.4, 0.5) is 0 Å². The molecule has 1 aliphatic heterocycles. The van der Waals surface area contributed by atoms with Crippen LogP contribution in [-0.2, 0) is 6.54 Å². The number of hydrogen-bond donors (Lipinski definition) is 0. The maximum Gasteiger partial charge on any atom is 0.244 e. The second-order valence-electron chi connectivity index (χ2n) is 5.83. The quantitative estimate of drug-likeness (QED) is 0.729. The van der Waals surface area contributed by atoms with E-state index in [1.807, 2.05) is 29.5 Å². The van der Waals surface area contributed by atoms with Crippen molar-refractivity contribution in [3.63, 3.8) is 0 Å². The zero-order valence-corrected chi connectivity index (χ0v) is 13.8. The van der Waals surface area contributed by atoms with Gasteiger partial charge in [0.1, 0.15) is 5.69 Å². The summed E-state index contributed by atoms with van der Waals surface area (Å²) >= 11 is 1.82. The van der Waals surface area contributed by atoms with Crippen molar-refractivity contribution in [2.45, 2.75) is 32.4 Å². The van der Waals surface area contributed by atoms with Crippen molar-refractivity contribution in [3.8, 4) is 11.5 Å². The fourth-order valence-corrected chi connectivity index (χ4v) is 3.95. The van der Waals surface area contributed by atoms with E-state index in [9.17, 15) is 0 Å². The van der Waals surface area contributed by atoms with Crippen LogP contribution in [-0.4, -0.2) is 26.6 Å². The van der Waals surface area contributed by atoms with Crippen LogP contribution in [0.2, 0.25) is 0 Å². The lowest BCUT2D eigenvalue weighted by atomic mass is 10.2. The second kappa shape index (κ2) is 6.22. The number of thiophene rings is 1. The van der Waals surface area contributed by atoms with E-state index in [-0.39, 0.29) is 6.04 Å². The Hall–Kier alpha value is -2.05. The maximum atomic E-state index is 5.54. The smallest absolute Gasteiger partial charge is 0.244 e. The third kappa shape index (κ3) is 2.92. The lowest BCUT2D eigenvalue weighted by Crippen LogP contribution is -2.22. The van der Waals surface area contributed by atoms with Crippen molar-refractivity contribution >= 4 is 11.3 Å². The highest BCUT2D eigenvalue weighted by atomic mass is 32.1. The molecule has 118 valence electrons. The van der Waals surface area contributed by atoms with Crippen molar-refractivity contribution in [2.24, 2.45) is 0 Å². The summed E-state index contributed by atoms with van der Waals surface area (Å²) in [5.74, 6) is 1.28. The molecule has 0 aromatic carbocycles. The predicted octanol–water partition coefficient (Wildman–Crippen LogP) is 3.84. The van der Waals surface area contributed by atoms with Crippen molar-refractivity contribution in [2.75, 3.05) is 6.54 Å². The number of hydrogen-bond acceptors (Lipinski definition) is 6. The molecule has 1 aliphatic rings. The molecule has 0 saturated carbocycles. The second-order valence-corrected chi connectivity index (χ2v) is 6.83. The summed E-state index contributed by atoms with van der Waals surface area (Å²) in [4.78, 5) is 12.7. The minimum atomic E-state index is 0.210. The van der Waals surface area contributed by atoms with E-state index in [2.05, 4.69) is 38.4 Å². The molecule has 23 heavy (non-hydrogen) atoms. The lowest BCUT2D eigenvalue weighted by molar-refractivity contribution is 0.202. The third-order valence-corrected chi connectivity index (χ3v) is 5.31. The standard InChI is InChI=1S/C17H18N4OS/c1-12-7-10-23-15(12)11-21-9-4-6-14(21)17-19-16(20-22-17)13-5-2-3-8-18-13/h2-3,5,7-8,10,14H,4,6,9,11H2,1H3/t14-/m1/s1. The fourth-order valence-electron chi connectivity index (χ4n) is 3.02. The zero-order chi connectivity index (χ0) is 15.6. The highest BCUT2D eigenvalue weighted by molar-refractivity contribution is 7.10. The highest BCUT2D eigenvalue weighted by Gasteiger charge is 2.31. The molecule has 3 aromatic rings. The summed E-state index contributed by atoms with van der Waals surface area (Å²) in [6, 6.07) is 8.10. The average Bonchev–Trinajstić information content (AvgIpc) is 3.30. The molecule has 0 amide bonds. The van der Waals surface area contributed by atoms with Crippen LogP contribution in [0, 0.1) is 6.92 Å². The molecule has 3 aromatic heterocycles. The Bertz CT molecular complexity index is 783. The Labute approximate surface area is 139 Å². The third-order valence-electron chi connectivity index (χ3n) is 4.30. The van der Waals surface area contributed by atoms with Crippen LogP contribution in [0.5, 0.6) is 0 Å². The molecule has 6 heteroatoms. The summed E-state index contributed by atoms with van der Waals surface area (Å²) < 4.78 is 5.54. The Morgan fingerprint density at radius 1 is 1.35 bits per heavy atom. The minimum absolute atomic E-state index is 0.210. The normalized spacial score (nSPS) is 18.6. The summed E-state index contributed by atoms with van der Waals surface area (Å²) in [5, 5.41) is 6.26. The van der Waals surface area contributed by atoms with Gasteiger partial charge in [0.25, 0.3) is 0 Å². The first-order valence-electron chi connectivity index (χ1n) is 7.83. The van der Waals surface area contributed by atoms with Crippen molar-refractivity contribution < 1.29 is 4.52 Å². The van der Waals surface area contributed by atoms with Gasteiger partial charge in [-0.25, -0.2) is 0 Å². The minimum Gasteiger partial charge on any atom is -0.337 e. The molecule has 0 bridgehead atoms. The van der Waals surface area contributed by atoms with Gasteiger partial charge >= 0.3 is 0 Å². The van der Waals surface area contributed by atoms with Crippen LogP contribution in [0.25, 0.3) is 11.5 Å². The van der Waals surface area contributed by atoms with E-state index in [0.29, 0.717) is 11.7 Å². The number of aryl methyl sites for hydroxylation is 1. The molecule has 5 nitrogen and oxygen atoms in total. The monoisotopic (exact) mass is 326 g/mol. The molecule has 1 fully saturated rings. The number of aromatic nitrogens is 3. The van der Waals surface area contributed by atoms with Crippen LogP contribution < -0.4 is 0 Å². The molecule has 0 radical (unpaired) electrons. The maximum absolute atomic E-state index is 5.54. The van der Waals surface area contributed by atoms with Gasteiger partial charge in [-0.05, 0) is 55.5 Å². The highest BCUT2D eigenvalue weighted by Crippen LogP contribution is 2.34. The number of rotatable bonds is 4. The largest absolute Gasteiger partial charge is 0.337 e. The molecule has 0 aliphatic carbocycles. The van der Waals surface area contributed by atoms with Crippen LogP contribution in [0.15, 0.2) is 40.4 Å². The SMILES string of the molecule is Cc1ccsc1CN1CCC[C@@H]1c1nc(-c2ccccn2)no1. The molecule has 0 unspecified atom stereocenters. The van der Waals surface area contributed by atoms with Crippen LogP contribution >= 0.6 is 11.3 Å². The van der Waals surface area contributed by atoms with E-state index in [0.717, 1.165) is 31.6 Å². The molecular formula is C17H18N4OS. The average molecular weight is 326 g/mol. The van der Waals surface area contributed by atoms with Crippen molar-refractivity contribution in [1.82, 2.24) is 20.0 Å². The van der Waals surface area contributed by atoms with Crippen LogP contribution in [0.3, 0.4) is 0 Å². The summed E-state index contributed by atoms with van der Waals surface area (Å²) in [6.45, 7) is 4.20. The van der Waals surface area contributed by atoms with Gasteiger partial charge in [0.05, 0.1) is 6.04 Å².